The lowest BCUT2D eigenvalue weighted by Gasteiger charge is -2.14. The molecule has 0 aliphatic rings. The van der Waals surface area contributed by atoms with Crippen molar-refractivity contribution in [3.8, 4) is 5.75 Å². The van der Waals surface area contributed by atoms with Gasteiger partial charge in [0.25, 0.3) is 0 Å². The van der Waals surface area contributed by atoms with Crippen LogP contribution in [0.2, 0.25) is 0 Å². The van der Waals surface area contributed by atoms with E-state index in [9.17, 15) is 4.79 Å². The molecular weight excluding hydrogens is 308 g/mol. The summed E-state index contributed by atoms with van der Waals surface area (Å²) in [5.41, 5.74) is 0.807. The van der Waals surface area contributed by atoms with Gasteiger partial charge in [0.05, 0.1) is 6.10 Å². The Balaban J connectivity index is 2.41. The molecule has 1 aromatic carbocycles. The molecule has 0 fully saturated rings. The quantitative estimate of drug-likeness (QED) is 0.509. The summed E-state index contributed by atoms with van der Waals surface area (Å²) in [7, 11) is 0. The summed E-state index contributed by atoms with van der Waals surface area (Å²) in [5, 5.41) is 6.07. The fraction of sp³-hybridized carbons (Fsp3) is 0.556. The summed E-state index contributed by atoms with van der Waals surface area (Å²) in [6, 6.07) is 7.58. The molecule has 1 atom stereocenters. The number of thiocarbonyl (C=S) groups is 1. The van der Waals surface area contributed by atoms with Gasteiger partial charge in [0.2, 0.25) is 5.91 Å². The average molecular weight is 337 g/mol. The van der Waals surface area contributed by atoms with Crippen LogP contribution in [0.15, 0.2) is 24.3 Å². The number of benzene rings is 1. The summed E-state index contributed by atoms with van der Waals surface area (Å²) in [4.78, 5) is 11.8. The van der Waals surface area contributed by atoms with E-state index < -0.39 is 0 Å². The van der Waals surface area contributed by atoms with E-state index in [1.54, 1.807) is 0 Å². The van der Waals surface area contributed by atoms with E-state index in [-0.39, 0.29) is 12.0 Å². The second-order valence-corrected chi connectivity index (χ2v) is 6.09. The summed E-state index contributed by atoms with van der Waals surface area (Å²) in [5.74, 6) is 0.753. The molecule has 1 aromatic rings. The molecule has 1 unspecified atom stereocenters. The Morgan fingerprint density at radius 1 is 1.26 bits per heavy atom. The Bertz CT molecular complexity index is 506. The number of amides is 1. The molecule has 0 saturated heterocycles. The lowest BCUT2D eigenvalue weighted by molar-refractivity contribution is -0.119. The first-order chi connectivity index (χ1) is 11.0. The van der Waals surface area contributed by atoms with Crippen molar-refractivity contribution in [1.29, 1.82) is 0 Å². The van der Waals surface area contributed by atoms with E-state index in [1.807, 2.05) is 31.2 Å². The monoisotopic (exact) mass is 336 g/mol. The zero-order valence-corrected chi connectivity index (χ0v) is 15.2. The van der Waals surface area contributed by atoms with E-state index >= 15 is 0 Å². The maximum atomic E-state index is 11.8. The first kappa shape index (κ1) is 19.4. The van der Waals surface area contributed by atoms with Gasteiger partial charge < -0.3 is 15.4 Å². The second-order valence-electron chi connectivity index (χ2n) is 5.68. The molecule has 0 saturated carbocycles. The molecule has 23 heavy (non-hydrogen) atoms. The van der Waals surface area contributed by atoms with Crippen molar-refractivity contribution in [1.82, 2.24) is 5.32 Å². The molecule has 0 radical (unpaired) electrons. The predicted octanol–water partition coefficient (Wildman–Crippen LogP) is 4.65. The highest BCUT2D eigenvalue weighted by molar-refractivity contribution is 7.80. The number of nitrogens with one attached hydrogen (secondary N) is 2. The number of carbonyl (C=O) groups is 1. The molecule has 128 valence electrons. The minimum atomic E-state index is -0.0365. The summed E-state index contributed by atoms with van der Waals surface area (Å²) in [6.07, 6.45) is 5.94. The zero-order chi connectivity index (χ0) is 17.1. The number of ether oxygens (including phenoxy) is 1. The van der Waals surface area contributed by atoms with Gasteiger partial charge in [-0.05, 0) is 44.1 Å². The van der Waals surface area contributed by atoms with Crippen LogP contribution in [0.3, 0.4) is 0 Å². The van der Waals surface area contributed by atoms with Gasteiger partial charge in [-0.2, -0.15) is 0 Å². The highest BCUT2D eigenvalue weighted by atomic mass is 32.1. The molecule has 0 bridgehead atoms. The van der Waals surface area contributed by atoms with Gasteiger partial charge in [0.1, 0.15) is 5.75 Å². The molecule has 4 nitrogen and oxygen atoms in total. The van der Waals surface area contributed by atoms with Crippen LogP contribution in [0.4, 0.5) is 5.69 Å². The second kappa shape index (κ2) is 11.0. The molecule has 2 N–H and O–H groups in total. The van der Waals surface area contributed by atoms with Crippen LogP contribution in [0.1, 0.15) is 59.3 Å². The summed E-state index contributed by atoms with van der Waals surface area (Å²) in [6.45, 7) is 6.26. The van der Waals surface area contributed by atoms with Crippen LogP contribution < -0.4 is 15.4 Å². The number of hydrogen-bond acceptors (Lipinski definition) is 3. The van der Waals surface area contributed by atoms with Crippen molar-refractivity contribution in [3.05, 3.63) is 24.3 Å². The van der Waals surface area contributed by atoms with Gasteiger partial charge >= 0.3 is 0 Å². The Morgan fingerprint density at radius 3 is 2.74 bits per heavy atom. The third-order valence-corrected chi connectivity index (χ3v) is 3.72. The third-order valence-electron chi connectivity index (χ3n) is 3.51. The Morgan fingerprint density at radius 2 is 2.04 bits per heavy atom. The van der Waals surface area contributed by atoms with Gasteiger partial charge in [-0.25, -0.2) is 0 Å². The highest BCUT2D eigenvalue weighted by Crippen LogP contribution is 2.19. The van der Waals surface area contributed by atoms with Crippen molar-refractivity contribution in [3.63, 3.8) is 0 Å². The van der Waals surface area contributed by atoms with Gasteiger partial charge in [0, 0.05) is 18.2 Å². The van der Waals surface area contributed by atoms with Crippen molar-refractivity contribution >= 4 is 28.9 Å². The average Bonchev–Trinajstić information content (AvgIpc) is 2.51. The predicted molar refractivity (Wildman–Crippen MR) is 99.9 cm³/mol. The third kappa shape index (κ3) is 8.55. The number of unbranched alkanes of at least 4 members (excludes halogenated alkanes) is 3. The lowest BCUT2D eigenvalue weighted by atomic mass is 10.1. The molecule has 5 heteroatoms. The van der Waals surface area contributed by atoms with E-state index in [0.717, 1.165) is 37.1 Å². The summed E-state index contributed by atoms with van der Waals surface area (Å²) < 4.78 is 5.77. The van der Waals surface area contributed by atoms with Crippen LogP contribution in [0.5, 0.6) is 5.75 Å². The van der Waals surface area contributed by atoms with Crippen molar-refractivity contribution in [2.24, 2.45) is 0 Å². The first-order valence-electron chi connectivity index (χ1n) is 8.42. The minimum absolute atomic E-state index is 0.0365. The normalized spacial score (nSPS) is 11.6. The fourth-order valence-corrected chi connectivity index (χ4v) is 2.26. The largest absolute Gasteiger partial charge is 0.491 e. The molecular formula is C18H28N2O2S. The molecule has 0 spiro atoms. The van der Waals surface area contributed by atoms with Crippen molar-refractivity contribution in [2.45, 2.75) is 65.4 Å². The lowest BCUT2D eigenvalue weighted by Crippen LogP contribution is -2.33. The maximum absolute atomic E-state index is 11.8. The van der Waals surface area contributed by atoms with Crippen LogP contribution in [0.25, 0.3) is 0 Å². The van der Waals surface area contributed by atoms with Crippen LogP contribution in [-0.4, -0.2) is 17.1 Å². The van der Waals surface area contributed by atoms with Crippen LogP contribution in [-0.2, 0) is 4.79 Å². The molecule has 0 heterocycles. The number of hydrogen-bond donors (Lipinski definition) is 2. The van der Waals surface area contributed by atoms with E-state index in [1.165, 1.54) is 6.42 Å². The van der Waals surface area contributed by atoms with Gasteiger partial charge in [0.15, 0.2) is 5.11 Å². The van der Waals surface area contributed by atoms with Crippen molar-refractivity contribution in [2.75, 3.05) is 5.32 Å². The number of anilines is 1. The van der Waals surface area contributed by atoms with E-state index in [4.69, 9.17) is 17.0 Å². The maximum Gasteiger partial charge on any atom is 0.226 e. The fourth-order valence-electron chi connectivity index (χ4n) is 2.03. The highest BCUT2D eigenvalue weighted by Gasteiger charge is 2.06. The first-order valence-corrected chi connectivity index (χ1v) is 8.83. The van der Waals surface area contributed by atoms with E-state index in [0.29, 0.717) is 11.5 Å². The number of carbonyl (C=O) groups excluding carboxylic acids is 1. The molecule has 0 aliphatic heterocycles. The molecule has 0 aliphatic carbocycles. The van der Waals surface area contributed by atoms with Crippen molar-refractivity contribution < 1.29 is 9.53 Å². The van der Waals surface area contributed by atoms with Gasteiger partial charge in [-0.15, -0.1) is 0 Å². The SMILES string of the molecule is CCCCCCC(=O)NC(=S)Nc1cccc(OC(C)CC)c1. The van der Waals surface area contributed by atoms with Gasteiger partial charge in [-0.3, -0.25) is 4.79 Å². The van der Waals surface area contributed by atoms with Crippen LogP contribution in [0, 0.1) is 0 Å². The standard InChI is InChI=1S/C18H28N2O2S/c1-4-6-7-8-12-17(21)20-18(23)19-15-10-9-11-16(13-15)22-14(3)5-2/h9-11,13-14H,4-8,12H2,1-3H3,(H2,19,20,21,23). The van der Waals surface area contributed by atoms with E-state index in [2.05, 4.69) is 24.5 Å². The summed E-state index contributed by atoms with van der Waals surface area (Å²) >= 11 is 5.18. The Labute approximate surface area is 145 Å². The van der Waals surface area contributed by atoms with Crippen LogP contribution >= 0.6 is 12.2 Å². The minimum Gasteiger partial charge on any atom is -0.491 e. The molecule has 0 aromatic heterocycles. The smallest absolute Gasteiger partial charge is 0.226 e. The Hall–Kier alpha value is -1.62. The number of rotatable bonds is 9. The Kier molecular flexibility index (Phi) is 9.29. The van der Waals surface area contributed by atoms with Gasteiger partial charge in [-0.1, -0.05) is 39.2 Å². The molecule has 1 amide bonds. The topological polar surface area (TPSA) is 50.4 Å². The molecule has 1 rings (SSSR count). The zero-order valence-electron chi connectivity index (χ0n) is 14.4.